The van der Waals surface area contributed by atoms with E-state index in [4.69, 9.17) is 9.84 Å². The zero-order chi connectivity index (χ0) is 25.4. The quantitative estimate of drug-likeness (QED) is 0.392. The minimum absolute atomic E-state index is 0.00853. The Morgan fingerprint density at radius 1 is 0.857 bits per heavy atom. The fraction of sp³-hybridized carbons (Fsp3) is 0.464. The fourth-order valence-electron chi connectivity index (χ4n) is 4.53. The Labute approximate surface area is 207 Å². The van der Waals surface area contributed by atoms with E-state index in [-0.39, 0.29) is 36.4 Å². The second kappa shape index (κ2) is 12.4. The molecule has 2 amide bonds. The van der Waals surface area contributed by atoms with E-state index in [9.17, 15) is 14.4 Å². The van der Waals surface area contributed by atoms with E-state index in [1.165, 1.54) is 11.1 Å². The number of carboxylic acid groups (broad SMARTS) is 1. The van der Waals surface area contributed by atoms with Crippen LogP contribution in [0.4, 0.5) is 4.79 Å². The van der Waals surface area contributed by atoms with E-state index < -0.39 is 12.1 Å². The summed E-state index contributed by atoms with van der Waals surface area (Å²) in [4.78, 5) is 35.5. The molecule has 0 bridgehead atoms. The largest absolute Gasteiger partial charge is 0.481 e. The summed E-state index contributed by atoms with van der Waals surface area (Å²) in [6.07, 6.45) is 2.38. The Kier molecular flexibility index (Phi) is 9.29. The average molecular weight is 481 g/mol. The first-order valence-corrected chi connectivity index (χ1v) is 12.4. The van der Waals surface area contributed by atoms with Gasteiger partial charge in [-0.2, -0.15) is 0 Å². The van der Waals surface area contributed by atoms with Crippen molar-refractivity contribution in [2.24, 2.45) is 5.92 Å². The molecule has 35 heavy (non-hydrogen) atoms. The molecule has 1 aliphatic rings. The zero-order valence-electron chi connectivity index (χ0n) is 20.8. The molecular formula is C28H36N2O5. The summed E-state index contributed by atoms with van der Waals surface area (Å²) in [5, 5.41) is 14.7. The highest BCUT2D eigenvalue weighted by molar-refractivity contribution is 5.79. The highest BCUT2D eigenvalue weighted by Crippen LogP contribution is 2.44. The Bertz CT molecular complexity index is 992. The zero-order valence-corrected chi connectivity index (χ0v) is 20.8. The van der Waals surface area contributed by atoms with Gasteiger partial charge in [-0.25, -0.2) is 4.79 Å². The van der Waals surface area contributed by atoms with Gasteiger partial charge in [-0.1, -0.05) is 61.9 Å². The molecular weight excluding hydrogens is 444 g/mol. The van der Waals surface area contributed by atoms with Crippen molar-refractivity contribution in [2.75, 3.05) is 6.61 Å². The molecule has 188 valence electrons. The number of carbonyl (C=O) groups excluding carboxylic acids is 2. The van der Waals surface area contributed by atoms with Gasteiger partial charge in [-0.3, -0.25) is 9.59 Å². The fourth-order valence-corrected chi connectivity index (χ4v) is 4.53. The van der Waals surface area contributed by atoms with Crippen LogP contribution >= 0.6 is 0 Å². The number of carbonyl (C=O) groups is 3. The first kappa shape index (κ1) is 26.3. The Hall–Kier alpha value is -3.35. The summed E-state index contributed by atoms with van der Waals surface area (Å²) in [5.74, 6) is -1.23. The molecule has 7 heteroatoms. The third kappa shape index (κ3) is 7.31. The van der Waals surface area contributed by atoms with Crippen molar-refractivity contribution in [2.45, 2.75) is 70.9 Å². The number of rotatable bonds is 12. The molecule has 0 aliphatic heterocycles. The summed E-state index contributed by atoms with van der Waals surface area (Å²) >= 11 is 0. The van der Waals surface area contributed by atoms with Crippen LogP contribution in [0.1, 0.15) is 69.9 Å². The third-order valence-electron chi connectivity index (χ3n) is 6.62. The molecule has 3 unspecified atom stereocenters. The van der Waals surface area contributed by atoms with Crippen molar-refractivity contribution in [3.8, 4) is 11.1 Å². The summed E-state index contributed by atoms with van der Waals surface area (Å²) in [6, 6.07) is 16.2. The first-order chi connectivity index (χ1) is 16.8. The van der Waals surface area contributed by atoms with E-state index in [0.29, 0.717) is 19.3 Å². The highest BCUT2D eigenvalue weighted by atomic mass is 16.5. The Morgan fingerprint density at radius 3 is 2.03 bits per heavy atom. The van der Waals surface area contributed by atoms with Gasteiger partial charge in [0.25, 0.3) is 0 Å². The number of benzene rings is 2. The lowest BCUT2D eigenvalue weighted by Gasteiger charge is -2.18. The van der Waals surface area contributed by atoms with Crippen LogP contribution < -0.4 is 10.6 Å². The Balaban J connectivity index is 1.37. The molecule has 0 saturated carbocycles. The summed E-state index contributed by atoms with van der Waals surface area (Å²) in [7, 11) is 0. The molecule has 3 rings (SSSR count). The van der Waals surface area contributed by atoms with Crippen LogP contribution in [0.5, 0.6) is 0 Å². The number of hydrogen-bond donors (Lipinski definition) is 3. The summed E-state index contributed by atoms with van der Waals surface area (Å²) in [5.41, 5.74) is 4.69. The number of fused-ring (bicyclic) bond motifs is 3. The monoisotopic (exact) mass is 480 g/mol. The van der Waals surface area contributed by atoms with Crippen molar-refractivity contribution in [3.05, 3.63) is 59.7 Å². The molecule has 0 fully saturated rings. The van der Waals surface area contributed by atoms with E-state index >= 15 is 0 Å². The van der Waals surface area contributed by atoms with Crippen molar-refractivity contribution in [3.63, 3.8) is 0 Å². The van der Waals surface area contributed by atoms with E-state index in [1.807, 2.05) is 38.1 Å². The smallest absolute Gasteiger partial charge is 0.407 e. The van der Waals surface area contributed by atoms with E-state index in [2.05, 4.69) is 34.9 Å². The molecule has 0 spiro atoms. The number of amides is 2. The van der Waals surface area contributed by atoms with Crippen LogP contribution in [0.3, 0.4) is 0 Å². The van der Waals surface area contributed by atoms with Crippen LogP contribution in [0.25, 0.3) is 11.1 Å². The number of aliphatic carboxylic acids is 1. The molecule has 0 saturated heterocycles. The van der Waals surface area contributed by atoms with Gasteiger partial charge in [0.1, 0.15) is 6.61 Å². The Morgan fingerprint density at radius 2 is 1.43 bits per heavy atom. The average Bonchev–Trinajstić information content (AvgIpc) is 3.15. The van der Waals surface area contributed by atoms with Crippen molar-refractivity contribution < 1.29 is 24.2 Å². The van der Waals surface area contributed by atoms with E-state index in [0.717, 1.165) is 24.0 Å². The minimum atomic E-state index is -0.792. The van der Waals surface area contributed by atoms with Gasteiger partial charge in [0.05, 0.1) is 5.92 Å². The van der Waals surface area contributed by atoms with Crippen LogP contribution in [-0.2, 0) is 14.3 Å². The molecule has 3 atom stereocenters. The van der Waals surface area contributed by atoms with Gasteiger partial charge in [0, 0.05) is 24.4 Å². The van der Waals surface area contributed by atoms with Gasteiger partial charge in [-0.15, -0.1) is 0 Å². The summed E-state index contributed by atoms with van der Waals surface area (Å²) in [6.45, 7) is 5.72. The third-order valence-corrected chi connectivity index (χ3v) is 6.62. The number of ether oxygens (including phenoxy) is 1. The normalized spacial score (nSPS) is 14.8. The second-order valence-electron chi connectivity index (χ2n) is 9.55. The van der Waals surface area contributed by atoms with Gasteiger partial charge >= 0.3 is 12.1 Å². The standard InChI is InChI=1S/C28H36N2O5/c1-18(27(32)33)9-8-10-19(2)29-26(31)16-15-20(3)30-28(34)35-17-25-23-13-6-4-11-21(23)22-12-5-7-14-24(22)25/h4-7,11-14,18-20,25H,8-10,15-17H2,1-3H3,(H,29,31)(H,30,34)(H,32,33). The van der Waals surface area contributed by atoms with Crippen molar-refractivity contribution in [1.82, 2.24) is 10.6 Å². The van der Waals surface area contributed by atoms with Gasteiger partial charge < -0.3 is 20.5 Å². The van der Waals surface area contributed by atoms with Crippen LogP contribution in [0.15, 0.2) is 48.5 Å². The summed E-state index contributed by atoms with van der Waals surface area (Å²) < 4.78 is 5.57. The van der Waals surface area contributed by atoms with Crippen molar-refractivity contribution >= 4 is 18.0 Å². The number of carboxylic acids is 1. The SMILES string of the molecule is CC(CCCC(C)C(=O)O)NC(=O)CCC(C)NC(=O)OCC1c2ccccc2-c2ccccc21. The topological polar surface area (TPSA) is 105 Å². The van der Waals surface area contributed by atoms with Crippen LogP contribution in [-0.4, -0.2) is 41.8 Å². The van der Waals surface area contributed by atoms with Gasteiger partial charge in [0.2, 0.25) is 5.91 Å². The molecule has 0 heterocycles. The molecule has 3 N–H and O–H groups in total. The maximum atomic E-state index is 12.4. The first-order valence-electron chi connectivity index (χ1n) is 12.4. The lowest BCUT2D eigenvalue weighted by Crippen LogP contribution is -2.36. The van der Waals surface area contributed by atoms with E-state index in [1.54, 1.807) is 6.92 Å². The highest BCUT2D eigenvalue weighted by Gasteiger charge is 2.29. The van der Waals surface area contributed by atoms with Gasteiger partial charge in [-0.05, 0) is 55.4 Å². The number of nitrogens with one attached hydrogen (secondary N) is 2. The molecule has 0 aromatic heterocycles. The predicted molar refractivity (Wildman–Crippen MR) is 135 cm³/mol. The molecule has 7 nitrogen and oxygen atoms in total. The maximum Gasteiger partial charge on any atom is 0.407 e. The molecule has 1 aliphatic carbocycles. The maximum absolute atomic E-state index is 12.4. The lowest BCUT2D eigenvalue weighted by atomic mass is 9.98. The number of alkyl carbamates (subject to hydrolysis) is 1. The predicted octanol–water partition coefficient (Wildman–Crippen LogP) is 5.09. The van der Waals surface area contributed by atoms with Crippen LogP contribution in [0.2, 0.25) is 0 Å². The molecule has 2 aromatic carbocycles. The van der Waals surface area contributed by atoms with Crippen molar-refractivity contribution in [1.29, 1.82) is 0 Å². The van der Waals surface area contributed by atoms with Crippen LogP contribution in [0, 0.1) is 5.92 Å². The van der Waals surface area contributed by atoms with Gasteiger partial charge in [0.15, 0.2) is 0 Å². The number of hydrogen-bond acceptors (Lipinski definition) is 4. The second-order valence-corrected chi connectivity index (χ2v) is 9.55. The minimum Gasteiger partial charge on any atom is -0.481 e. The lowest BCUT2D eigenvalue weighted by molar-refractivity contribution is -0.141. The molecule has 0 radical (unpaired) electrons. The molecule has 2 aromatic rings.